The normalized spacial score (nSPS) is 23.8. The van der Waals surface area contributed by atoms with E-state index in [0.29, 0.717) is 16.8 Å². The molecule has 2 aromatic heterocycles. The fourth-order valence-electron chi connectivity index (χ4n) is 3.53. The molecule has 0 aromatic carbocycles. The van der Waals surface area contributed by atoms with Crippen molar-refractivity contribution in [2.24, 2.45) is 11.3 Å². The summed E-state index contributed by atoms with van der Waals surface area (Å²) in [6.45, 7) is 6.65. The Morgan fingerprint density at radius 1 is 1.43 bits per heavy atom. The molecule has 124 valence electrons. The van der Waals surface area contributed by atoms with E-state index in [0.717, 1.165) is 19.3 Å². The summed E-state index contributed by atoms with van der Waals surface area (Å²) in [6.07, 6.45) is 6.15. The summed E-state index contributed by atoms with van der Waals surface area (Å²) in [7, 11) is 0. The molecule has 23 heavy (non-hydrogen) atoms. The van der Waals surface area contributed by atoms with Crippen molar-refractivity contribution < 1.29 is 4.79 Å². The van der Waals surface area contributed by atoms with Gasteiger partial charge in [-0.1, -0.05) is 20.8 Å². The van der Waals surface area contributed by atoms with Crippen molar-refractivity contribution in [3.05, 3.63) is 28.9 Å². The van der Waals surface area contributed by atoms with E-state index in [9.17, 15) is 9.59 Å². The van der Waals surface area contributed by atoms with Crippen molar-refractivity contribution in [1.29, 1.82) is 0 Å². The highest BCUT2D eigenvalue weighted by atomic mass is 16.2. The van der Waals surface area contributed by atoms with E-state index in [2.05, 4.69) is 36.3 Å². The van der Waals surface area contributed by atoms with Gasteiger partial charge in [-0.25, -0.2) is 9.20 Å². The Kier molecular flexibility index (Phi) is 3.95. The van der Waals surface area contributed by atoms with Gasteiger partial charge in [-0.3, -0.25) is 9.59 Å². The van der Waals surface area contributed by atoms with Crippen LogP contribution in [-0.2, 0) is 11.3 Å². The third-order valence-electron chi connectivity index (χ3n) is 4.76. The standard InChI is InChI=1S/C16H23N5O2/c1-11-8-16(2,3)6-4-12(11)19-14(22)9-20-15(23)13-5-7-17-21(13)10-18-20/h5,7,10-12H,4,6,8-9H2,1-3H3,(H,19,22)/t11-,12-/m0/s1. The van der Waals surface area contributed by atoms with Crippen molar-refractivity contribution in [3.8, 4) is 0 Å². The molecular formula is C16H23N5O2. The summed E-state index contributed by atoms with van der Waals surface area (Å²) in [5.41, 5.74) is 0.449. The molecule has 1 N–H and O–H groups in total. The van der Waals surface area contributed by atoms with Crippen molar-refractivity contribution in [3.63, 3.8) is 0 Å². The van der Waals surface area contributed by atoms with Crippen LogP contribution in [-0.4, -0.2) is 31.3 Å². The number of nitrogens with zero attached hydrogens (tertiary/aromatic N) is 4. The highest BCUT2D eigenvalue weighted by Gasteiger charge is 2.33. The molecule has 0 aliphatic heterocycles. The number of amides is 1. The molecule has 3 rings (SSSR count). The Balaban J connectivity index is 1.67. The topological polar surface area (TPSA) is 81.3 Å². The lowest BCUT2D eigenvalue weighted by Crippen LogP contribution is -2.46. The van der Waals surface area contributed by atoms with Crippen LogP contribution in [0.3, 0.4) is 0 Å². The Morgan fingerprint density at radius 3 is 2.96 bits per heavy atom. The highest BCUT2D eigenvalue weighted by Crippen LogP contribution is 2.38. The van der Waals surface area contributed by atoms with Crippen LogP contribution in [0.2, 0.25) is 0 Å². The number of aromatic nitrogens is 4. The molecule has 2 aromatic rings. The number of rotatable bonds is 3. The van der Waals surface area contributed by atoms with Gasteiger partial charge in [0, 0.05) is 6.04 Å². The van der Waals surface area contributed by atoms with Crippen LogP contribution in [0.5, 0.6) is 0 Å². The van der Waals surface area contributed by atoms with Crippen LogP contribution in [0.25, 0.3) is 5.52 Å². The molecule has 1 amide bonds. The molecule has 1 fully saturated rings. The molecule has 0 spiro atoms. The summed E-state index contributed by atoms with van der Waals surface area (Å²) in [5, 5.41) is 11.0. The maximum absolute atomic E-state index is 12.3. The van der Waals surface area contributed by atoms with Gasteiger partial charge in [0.2, 0.25) is 5.91 Å². The minimum atomic E-state index is -0.307. The van der Waals surface area contributed by atoms with Gasteiger partial charge in [0.25, 0.3) is 5.56 Å². The van der Waals surface area contributed by atoms with E-state index in [-0.39, 0.29) is 24.1 Å². The quantitative estimate of drug-likeness (QED) is 0.923. The molecular weight excluding hydrogens is 294 g/mol. The van der Waals surface area contributed by atoms with E-state index in [1.54, 1.807) is 6.07 Å². The minimum Gasteiger partial charge on any atom is -0.351 e. The number of hydrogen-bond acceptors (Lipinski definition) is 4. The first-order valence-corrected chi connectivity index (χ1v) is 8.04. The van der Waals surface area contributed by atoms with E-state index < -0.39 is 0 Å². The van der Waals surface area contributed by atoms with Crippen molar-refractivity contribution in [2.45, 2.75) is 52.6 Å². The summed E-state index contributed by atoms with van der Waals surface area (Å²) in [4.78, 5) is 24.5. The van der Waals surface area contributed by atoms with E-state index in [4.69, 9.17) is 0 Å². The zero-order valence-corrected chi connectivity index (χ0v) is 13.8. The summed E-state index contributed by atoms with van der Waals surface area (Å²) >= 11 is 0. The number of fused-ring (bicyclic) bond motifs is 1. The van der Waals surface area contributed by atoms with Crippen LogP contribution < -0.4 is 10.9 Å². The SMILES string of the molecule is C[C@H]1CC(C)(C)CC[C@@H]1NC(=O)Cn1ncn2nccc2c1=O. The number of hydrogen-bond donors (Lipinski definition) is 1. The van der Waals surface area contributed by atoms with Crippen molar-refractivity contribution in [2.75, 3.05) is 0 Å². The lowest BCUT2D eigenvalue weighted by molar-refractivity contribution is -0.123. The maximum Gasteiger partial charge on any atom is 0.293 e. The van der Waals surface area contributed by atoms with Gasteiger partial charge in [-0.05, 0) is 36.7 Å². The smallest absolute Gasteiger partial charge is 0.293 e. The summed E-state index contributed by atoms with van der Waals surface area (Å²) in [5.74, 6) is 0.268. The summed E-state index contributed by atoms with van der Waals surface area (Å²) < 4.78 is 2.59. The minimum absolute atomic E-state index is 0.0624. The monoisotopic (exact) mass is 317 g/mol. The van der Waals surface area contributed by atoms with Crippen LogP contribution in [0.15, 0.2) is 23.4 Å². The average molecular weight is 317 g/mol. The zero-order valence-electron chi connectivity index (χ0n) is 13.8. The Morgan fingerprint density at radius 2 is 2.22 bits per heavy atom. The fraction of sp³-hybridized carbons (Fsp3) is 0.625. The lowest BCUT2D eigenvalue weighted by atomic mass is 9.70. The van der Waals surface area contributed by atoms with Gasteiger partial charge in [0.05, 0.1) is 6.20 Å². The van der Waals surface area contributed by atoms with E-state index in [1.807, 2.05) is 0 Å². The second-order valence-corrected chi connectivity index (χ2v) is 7.31. The van der Waals surface area contributed by atoms with Crippen LogP contribution in [0, 0.1) is 11.3 Å². The van der Waals surface area contributed by atoms with Crippen molar-refractivity contribution in [1.82, 2.24) is 24.7 Å². The molecule has 1 aliphatic carbocycles. The van der Waals surface area contributed by atoms with Gasteiger partial charge < -0.3 is 5.32 Å². The molecule has 7 nitrogen and oxygen atoms in total. The van der Waals surface area contributed by atoms with Gasteiger partial charge in [0.15, 0.2) is 0 Å². The molecule has 0 saturated heterocycles. The first kappa shape index (κ1) is 15.7. The van der Waals surface area contributed by atoms with Crippen LogP contribution >= 0.6 is 0 Å². The molecule has 2 heterocycles. The van der Waals surface area contributed by atoms with Crippen molar-refractivity contribution >= 4 is 11.4 Å². The Hall–Kier alpha value is -2.18. The first-order valence-electron chi connectivity index (χ1n) is 8.04. The third kappa shape index (κ3) is 3.28. The van der Waals surface area contributed by atoms with Crippen LogP contribution in [0.1, 0.15) is 40.0 Å². The van der Waals surface area contributed by atoms with Gasteiger partial charge >= 0.3 is 0 Å². The van der Waals surface area contributed by atoms with Crippen LogP contribution in [0.4, 0.5) is 0 Å². The van der Waals surface area contributed by atoms with E-state index in [1.165, 1.54) is 21.7 Å². The zero-order chi connectivity index (χ0) is 16.6. The Bertz CT molecular complexity index is 776. The molecule has 1 aliphatic rings. The largest absolute Gasteiger partial charge is 0.351 e. The fourth-order valence-corrected chi connectivity index (χ4v) is 3.53. The maximum atomic E-state index is 12.3. The summed E-state index contributed by atoms with van der Waals surface area (Å²) in [6, 6.07) is 1.79. The number of carbonyl (C=O) groups is 1. The molecule has 2 atom stereocenters. The first-order chi connectivity index (χ1) is 10.9. The molecule has 1 saturated carbocycles. The molecule has 0 unspecified atom stereocenters. The molecule has 0 bridgehead atoms. The Labute approximate surface area is 134 Å². The average Bonchev–Trinajstić information content (AvgIpc) is 2.94. The highest BCUT2D eigenvalue weighted by molar-refractivity contribution is 5.76. The van der Waals surface area contributed by atoms with Gasteiger partial charge in [-0.2, -0.15) is 10.2 Å². The van der Waals surface area contributed by atoms with Gasteiger partial charge in [0.1, 0.15) is 18.4 Å². The second kappa shape index (κ2) is 5.79. The molecule has 7 heteroatoms. The second-order valence-electron chi connectivity index (χ2n) is 7.31. The predicted molar refractivity (Wildman–Crippen MR) is 86.0 cm³/mol. The van der Waals surface area contributed by atoms with Gasteiger partial charge in [-0.15, -0.1) is 0 Å². The van der Waals surface area contributed by atoms with E-state index >= 15 is 0 Å². The number of nitrogens with one attached hydrogen (secondary N) is 1. The number of carbonyl (C=O) groups excluding carboxylic acids is 1. The predicted octanol–water partition coefficient (Wildman–Crippen LogP) is 1.22. The lowest BCUT2D eigenvalue weighted by Gasteiger charge is -2.39. The molecule has 0 radical (unpaired) electrons. The third-order valence-corrected chi connectivity index (χ3v) is 4.76.